The van der Waals surface area contributed by atoms with Crippen molar-refractivity contribution < 1.29 is 13.5 Å². The zero-order chi connectivity index (χ0) is 10.7. The van der Waals surface area contributed by atoms with Gasteiger partial charge in [0.15, 0.2) is 0 Å². The lowest BCUT2D eigenvalue weighted by Crippen LogP contribution is -2.03. The summed E-state index contributed by atoms with van der Waals surface area (Å²) in [7, 11) is 1.37. The molecular formula is C8H9ClF2N2O. The van der Waals surface area contributed by atoms with Gasteiger partial charge in [0.2, 0.25) is 5.88 Å². The molecule has 0 aliphatic heterocycles. The monoisotopic (exact) mass is 222 g/mol. The largest absolute Gasteiger partial charge is 0.481 e. The van der Waals surface area contributed by atoms with Crippen LogP contribution in [0.1, 0.15) is 17.6 Å². The topological polar surface area (TPSA) is 48.1 Å². The number of hydrogen-bond donors (Lipinski definition) is 1. The maximum atomic E-state index is 12.4. The van der Waals surface area contributed by atoms with Crippen LogP contribution in [0, 0.1) is 0 Å². The molecule has 78 valence electrons. The van der Waals surface area contributed by atoms with Crippen LogP contribution in [0.25, 0.3) is 0 Å². The van der Waals surface area contributed by atoms with Gasteiger partial charge < -0.3 is 10.5 Å². The Balaban J connectivity index is 3.27. The highest BCUT2D eigenvalue weighted by Gasteiger charge is 2.17. The van der Waals surface area contributed by atoms with Crippen molar-refractivity contribution in [2.45, 2.75) is 12.3 Å². The molecule has 0 saturated carbocycles. The molecule has 0 aliphatic rings. The summed E-state index contributed by atoms with van der Waals surface area (Å²) in [5.41, 5.74) is 5.41. The zero-order valence-electron chi connectivity index (χ0n) is 7.43. The lowest BCUT2D eigenvalue weighted by Gasteiger charge is -2.11. The summed E-state index contributed by atoms with van der Waals surface area (Å²) in [5.74, 6) is 0.171. The summed E-state index contributed by atoms with van der Waals surface area (Å²) in [6, 6.07) is 0. The number of nitrogen functional groups attached to an aromatic ring is 1. The maximum absolute atomic E-state index is 12.4. The summed E-state index contributed by atoms with van der Waals surface area (Å²) in [6.45, 7) is 0. The van der Waals surface area contributed by atoms with Crippen LogP contribution in [-0.4, -0.2) is 12.1 Å². The molecule has 6 heteroatoms. The van der Waals surface area contributed by atoms with Crippen LogP contribution < -0.4 is 10.5 Å². The first-order valence-electron chi connectivity index (χ1n) is 3.77. The Bertz CT molecular complexity index is 333. The van der Waals surface area contributed by atoms with Gasteiger partial charge in [-0.3, -0.25) is 0 Å². The standard InChI is InChI=1S/C8H9ClF2N2O/c1-14-8-4(2-9)6(12)5(3-13-8)7(10)11/h3,7H,2H2,1H3,(H2,12,13). The predicted octanol–water partition coefficient (Wildman–Crippen LogP) is 2.35. The molecule has 0 aromatic carbocycles. The first kappa shape index (κ1) is 11.0. The van der Waals surface area contributed by atoms with E-state index >= 15 is 0 Å². The third-order valence-corrected chi connectivity index (χ3v) is 2.04. The van der Waals surface area contributed by atoms with E-state index in [9.17, 15) is 8.78 Å². The lowest BCUT2D eigenvalue weighted by atomic mass is 10.1. The first-order valence-corrected chi connectivity index (χ1v) is 4.30. The van der Waals surface area contributed by atoms with E-state index in [-0.39, 0.29) is 23.0 Å². The minimum atomic E-state index is -2.66. The van der Waals surface area contributed by atoms with Gasteiger partial charge in [0.1, 0.15) is 0 Å². The van der Waals surface area contributed by atoms with Crippen molar-refractivity contribution in [3.8, 4) is 5.88 Å². The Labute approximate surface area is 84.8 Å². The molecule has 0 amide bonds. The summed E-state index contributed by atoms with van der Waals surface area (Å²) in [5, 5.41) is 0. The molecular weight excluding hydrogens is 214 g/mol. The van der Waals surface area contributed by atoms with E-state index in [0.717, 1.165) is 6.20 Å². The molecule has 0 unspecified atom stereocenters. The number of nitrogens with two attached hydrogens (primary N) is 1. The van der Waals surface area contributed by atoms with Gasteiger partial charge in [-0.15, -0.1) is 11.6 Å². The Morgan fingerprint density at radius 3 is 2.71 bits per heavy atom. The van der Waals surface area contributed by atoms with Crippen molar-refractivity contribution >= 4 is 17.3 Å². The smallest absolute Gasteiger partial charge is 0.267 e. The Hall–Kier alpha value is -1.10. The second-order valence-electron chi connectivity index (χ2n) is 2.55. The first-order chi connectivity index (χ1) is 6.61. The van der Waals surface area contributed by atoms with Crippen LogP contribution in [0.15, 0.2) is 6.20 Å². The molecule has 0 bridgehead atoms. The zero-order valence-corrected chi connectivity index (χ0v) is 8.18. The SMILES string of the molecule is COc1ncc(C(F)F)c(N)c1CCl. The quantitative estimate of drug-likeness (QED) is 0.799. The van der Waals surface area contributed by atoms with Crippen molar-refractivity contribution in [1.29, 1.82) is 0 Å². The van der Waals surface area contributed by atoms with Crippen LogP contribution in [0.5, 0.6) is 5.88 Å². The van der Waals surface area contributed by atoms with E-state index in [1.54, 1.807) is 0 Å². The van der Waals surface area contributed by atoms with E-state index in [4.69, 9.17) is 22.1 Å². The van der Waals surface area contributed by atoms with Gasteiger partial charge >= 0.3 is 0 Å². The third-order valence-electron chi connectivity index (χ3n) is 1.78. The number of alkyl halides is 3. The van der Waals surface area contributed by atoms with Crippen molar-refractivity contribution in [2.24, 2.45) is 0 Å². The van der Waals surface area contributed by atoms with Crippen LogP contribution >= 0.6 is 11.6 Å². The van der Waals surface area contributed by atoms with Crippen LogP contribution in [0.4, 0.5) is 14.5 Å². The number of aromatic nitrogens is 1. The van der Waals surface area contributed by atoms with Crippen molar-refractivity contribution in [1.82, 2.24) is 4.98 Å². The normalized spacial score (nSPS) is 10.6. The van der Waals surface area contributed by atoms with Crippen LogP contribution in [0.2, 0.25) is 0 Å². The van der Waals surface area contributed by atoms with Gasteiger partial charge in [0, 0.05) is 6.20 Å². The van der Waals surface area contributed by atoms with Gasteiger partial charge in [0.05, 0.1) is 29.8 Å². The average molecular weight is 223 g/mol. The molecule has 14 heavy (non-hydrogen) atoms. The number of anilines is 1. The summed E-state index contributed by atoms with van der Waals surface area (Å²) in [4.78, 5) is 3.68. The van der Waals surface area contributed by atoms with Gasteiger partial charge in [0.25, 0.3) is 6.43 Å². The molecule has 0 fully saturated rings. The van der Waals surface area contributed by atoms with Gasteiger partial charge in [-0.25, -0.2) is 13.8 Å². The molecule has 1 aromatic heterocycles. The van der Waals surface area contributed by atoms with Gasteiger partial charge in [-0.2, -0.15) is 0 Å². The number of halogens is 3. The highest BCUT2D eigenvalue weighted by Crippen LogP contribution is 2.32. The highest BCUT2D eigenvalue weighted by molar-refractivity contribution is 6.17. The number of ether oxygens (including phenoxy) is 1. The summed E-state index contributed by atoms with van der Waals surface area (Å²) in [6.07, 6.45) is -1.66. The molecule has 1 aromatic rings. The molecule has 0 saturated heterocycles. The fraction of sp³-hybridized carbons (Fsp3) is 0.375. The summed E-state index contributed by atoms with van der Waals surface area (Å²) >= 11 is 5.55. The van der Waals surface area contributed by atoms with Gasteiger partial charge in [-0.05, 0) is 0 Å². The van der Waals surface area contributed by atoms with Crippen molar-refractivity contribution in [3.05, 3.63) is 17.3 Å². The Morgan fingerprint density at radius 2 is 2.29 bits per heavy atom. The van der Waals surface area contributed by atoms with Crippen molar-refractivity contribution in [2.75, 3.05) is 12.8 Å². The molecule has 0 spiro atoms. The molecule has 1 rings (SSSR count). The third kappa shape index (κ3) is 1.87. The average Bonchev–Trinajstić information content (AvgIpc) is 2.16. The molecule has 1 heterocycles. The molecule has 2 N–H and O–H groups in total. The Kier molecular flexibility index (Phi) is 3.46. The minimum absolute atomic E-state index is 0.0113. The van der Waals surface area contributed by atoms with E-state index in [1.165, 1.54) is 7.11 Å². The van der Waals surface area contributed by atoms with Crippen molar-refractivity contribution in [3.63, 3.8) is 0 Å². The van der Waals surface area contributed by atoms with E-state index < -0.39 is 6.43 Å². The van der Waals surface area contributed by atoms with E-state index in [1.807, 2.05) is 0 Å². The lowest BCUT2D eigenvalue weighted by molar-refractivity contribution is 0.151. The number of pyridine rings is 1. The maximum Gasteiger partial charge on any atom is 0.267 e. The van der Waals surface area contributed by atoms with Gasteiger partial charge in [-0.1, -0.05) is 0 Å². The molecule has 0 atom stereocenters. The molecule has 3 nitrogen and oxygen atoms in total. The van der Waals surface area contributed by atoms with Crippen LogP contribution in [0.3, 0.4) is 0 Å². The second-order valence-corrected chi connectivity index (χ2v) is 2.82. The molecule has 0 radical (unpaired) electrons. The molecule has 0 aliphatic carbocycles. The second kappa shape index (κ2) is 4.41. The fourth-order valence-electron chi connectivity index (χ4n) is 1.04. The van der Waals surface area contributed by atoms with E-state index in [0.29, 0.717) is 5.56 Å². The predicted molar refractivity (Wildman–Crippen MR) is 49.7 cm³/mol. The number of rotatable bonds is 3. The van der Waals surface area contributed by atoms with Crippen LogP contribution in [-0.2, 0) is 5.88 Å². The van der Waals surface area contributed by atoms with E-state index in [2.05, 4.69) is 4.98 Å². The fourth-order valence-corrected chi connectivity index (χ4v) is 1.30. The highest BCUT2D eigenvalue weighted by atomic mass is 35.5. The summed E-state index contributed by atoms with van der Waals surface area (Å²) < 4.78 is 29.6. The Morgan fingerprint density at radius 1 is 1.64 bits per heavy atom. The number of methoxy groups -OCH3 is 1. The number of hydrogen-bond acceptors (Lipinski definition) is 3. The number of nitrogens with zero attached hydrogens (tertiary/aromatic N) is 1. The minimum Gasteiger partial charge on any atom is -0.481 e.